The van der Waals surface area contributed by atoms with Crippen molar-refractivity contribution in [3.05, 3.63) is 66.2 Å². The van der Waals surface area contributed by atoms with E-state index in [9.17, 15) is 9.59 Å². The van der Waals surface area contributed by atoms with Crippen LogP contribution in [-0.2, 0) is 7.05 Å². The SMILES string of the molecule is CC.CCNC(=O)c1cnn(C)c1C(=O)Nc1ccn2cc(-c3ccccc3)nc2n1. The van der Waals surface area contributed by atoms with E-state index < -0.39 is 5.91 Å². The number of anilines is 1. The van der Waals surface area contributed by atoms with E-state index in [0.29, 0.717) is 18.1 Å². The number of nitrogens with zero attached hydrogens (tertiary/aromatic N) is 5. The van der Waals surface area contributed by atoms with Crippen LogP contribution in [0.3, 0.4) is 0 Å². The monoisotopic (exact) mass is 419 g/mol. The average molecular weight is 419 g/mol. The van der Waals surface area contributed by atoms with Gasteiger partial charge in [-0.2, -0.15) is 10.1 Å². The summed E-state index contributed by atoms with van der Waals surface area (Å²) in [7, 11) is 1.61. The molecule has 9 heteroatoms. The highest BCUT2D eigenvalue weighted by atomic mass is 16.2. The summed E-state index contributed by atoms with van der Waals surface area (Å²) in [5.74, 6) is -0.0424. The Morgan fingerprint density at radius 2 is 1.77 bits per heavy atom. The first-order valence-electron chi connectivity index (χ1n) is 10.1. The van der Waals surface area contributed by atoms with Crippen molar-refractivity contribution >= 4 is 23.4 Å². The summed E-state index contributed by atoms with van der Waals surface area (Å²) in [5.41, 5.74) is 2.13. The minimum absolute atomic E-state index is 0.158. The maximum absolute atomic E-state index is 12.8. The van der Waals surface area contributed by atoms with Crippen molar-refractivity contribution in [2.24, 2.45) is 7.05 Å². The number of fused-ring (bicyclic) bond motifs is 1. The van der Waals surface area contributed by atoms with Crippen LogP contribution in [0.15, 0.2) is 55.0 Å². The van der Waals surface area contributed by atoms with Crippen molar-refractivity contribution < 1.29 is 9.59 Å². The van der Waals surface area contributed by atoms with Crippen molar-refractivity contribution in [3.8, 4) is 11.3 Å². The molecule has 3 aromatic heterocycles. The number of hydrogen-bond acceptors (Lipinski definition) is 5. The van der Waals surface area contributed by atoms with Gasteiger partial charge in [-0.15, -0.1) is 0 Å². The molecule has 2 N–H and O–H groups in total. The molecule has 0 atom stereocenters. The van der Waals surface area contributed by atoms with Crippen LogP contribution in [0.2, 0.25) is 0 Å². The minimum atomic E-state index is -0.474. The van der Waals surface area contributed by atoms with E-state index in [1.54, 1.807) is 30.6 Å². The van der Waals surface area contributed by atoms with Crippen LogP contribution in [0, 0.1) is 0 Å². The van der Waals surface area contributed by atoms with Gasteiger partial charge in [0.2, 0.25) is 5.78 Å². The van der Waals surface area contributed by atoms with Gasteiger partial charge in [-0.3, -0.25) is 18.7 Å². The number of hydrogen-bond donors (Lipinski definition) is 2. The Balaban J connectivity index is 0.00000132. The van der Waals surface area contributed by atoms with Crippen LogP contribution >= 0.6 is 0 Å². The molecule has 2 amide bonds. The second-order valence-corrected chi connectivity index (χ2v) is 6.36. The van der Waals surface area contributed by atoms with Gasteiger partial charge >= 0.3 is 0 Å². The van der Waals surface area contributed by atoms with Crippen molar-refractivity contribution in [2.75, 3.05) is 11.9 Å². The molecule has 0 radical (unpaired) electrons. The lowest BCUT2D eigenvalue weighted by molar-refractivity contribution is 0.0940. The Hall–Kier alpha value is -4.01. The number of benzene rings is 1. The molecule has 0 bridgehead atoms. The van der Waals surface area contributed by atoms with Crippen molar-refractivity contribution in [2.45, 2.75) is 20.8 Å². The van der Waals surface area contributed by atoms with Gasteiger partial charge in [-0.1, -0.05) is 44.2 Å². The second-order valence-electron chi connectivity index (χ2n) is 6.36. The van der Waals surface area contributed by atoms with Crippen molar-refractivity contribution in [1.29, 1.82) is 0 Å². The molecule has 9 nitrogen and oxygen atoms in total. The van der Waals surface area contributed by atoms with Crippen molar-refractivity contribution in [1.82, 2.24) is 29.5 Å². The Labute approximate surface area is 180 Å². The molecule has 31 heavy (non-hydrogen) atoms. The minimum Gasteiger partial charge on any atom is -0.352 e. The van der Waals surface area contributed by atoms with Gasteiger partial charge in [0.25, 0.3) is 11.8 Å². The van der Waals surface area contributed by atoms with E-state index in [1.165, 1.54) is 10.9 Å². The lowest BCUT2D eigenvalue weighted by Gasteiger charge is -2.07. The predicted octanol–water partition coefficient (Wildman–Crippen LogP) is 3.16. The quantitative estimate of drug-likeness (QED) is 0.517. The first-order chi connectivity index (χ1) is 15.1. The molecule has 3 heterocycles. The van der Waals surface area contributed by atoms with Gasteiger partial charge < -0.3 is 10.6 Å². The number of amides is 2. The topological polar surface area (TPSA) is 106 Å². The third kappa shape index (κ3) is 4.61. The van der Waals surface area contributed by atoms with Gasteiger partial charge in [0.15, 0.2) is 0 Å². The molecule has 0 aliphatic rings. The molecule has 4 rings (SSSR count). The Morgan fingerprint density at radius 3 is 2.48 bits per heavy atom. The fourth-order valence-electron chi connectivity index (χ4n) is 2.99. The Kier molecular flexibility index (Phi) is 6.76. The van der Waals surface area contributed by atoms with Crippen LogP contribution in [-0.4, -0.2) is 42.5 Å². The third-order valence-corrected chi connectivity index (χ3v) is 4.37. The average Bonchev–Trinajstić information content (AvgIpc) is 3.39. The molecular weight excluding hydrogens is 394 g/mol. The van der Waals surface area contributed by atoms with E-state index in [4.69, 9.17) is 0 Å². The van der Waals surface area contributed by atoms with E-state index in [1.807, 2.05) is 50.4 Å². The first kappa shape index (κ1) is 21.7. The number of carbonyl (C=O) groups excluding carboxylic acids is 2. The normalized spacial score (nSPS) is 10.3. The van der Waals surface area contributed by atoms with E-state index >= 15 is 0 Å². The molecule has 0 fully saturated rings. The second kappa shape index (κ2) is 9.66. The van der Waals surface area contributed by atoms with E-state index in [-0.39, 0.29) is 17.2 Å². The number of imidazole rings is 1. The molecule has 160 valence electrons. The van der Waals surface area contributed by atoms with Crippen LogP contribution in [0.5, 0.6) is 0 Å². The summed E-state index contributed by atoms with van der Waals surface area (Å²) in [4.78, 5) is 33.9. The largest absolute Gasteiger partial charge is 0.352 e. The maximum Gasteiger partial charge on any atom is 0.275 e. The fourth-order valence-corrected chi connectivity index (χ4v) is 2.99. The van der Waals surface area contributed by atoms with Gasteiger partial charge in [-0.05, 0) is 13.0 Å². The number of rotatable bonds is 5. The molecule has 0 saturated heterocycles. The lowest BCUT2D eigenvalue weighted by atomic mass is 10.2. The molecule has 0 aliphatic heterocycles. The highest BCUT2D eigenvalue weighted by molar-refractivity contribution is 6.10. The number of aryl methyl sites for hydroxylation is 1. The number of carbonyl (C=O) groups is 2. The molecule has 0 unspecified atom stereocenters. The fraction of sp³-hybridized carbons (Fsp3) is 0.227. The summed E-state index contributed by atoms with van der Waals surface area (Å²) in [6.07, 6.45) is 5.01. The van der Waals surface area contributed by atoms with E-state index in [2.05, 4.69) is 25.7 Å². The first-order valence-corrected chi connectivity index (χ1v) is 10.1. The Bertz CT molecular complexity index is 1200. The van der Waals surface area contributed by atoms with Gasteiger partial charge in [0, 0.05) is 31.5 Å². The zero-order valence-corrected chi connectivity index (χ0v) is 18.0. The number of aromatic nitrogens is 5. The zero-order chi connectivity index (χ0) is 22.4. The molecular formula is C22H25N7O2. The smallest absolute Gasteiger partial charge is 0.275 e. The summed E-state index contributed by atoms with van der Waals surface area (Å²) in [5, 5.41) is 9.42. The molecule has 0 spiro atoms. The van der Waals surface area contributed by atoms with Gasteiger partial charge in [-0.25, -0.2) is 4.98 Å². The highest BCUT2D eigenvalue weighted by Gasteiger charge is 2.22. The molecule has 1 aromatic carbocycles. The Morgan fingerprint density at radius 1 is 1.03 bits per heavy atom. The summed E-state index contributed by atoms with van der Waals surface area (Å²) in [6, 6.07) is 11.4. The third-order valence-electron chi connectivity index (χ3n) is 4.37. The molecule has 0 saturated carbocycles. The standard InChI is InChI=1S/C20H19N7O2.C2H6/c1-3-21-18(28)14-11-22-26(2)17(14)19(29)24-16-9-10-27-12-15(23-20(27)25-16)13-7-5-4-6-8-13;1-2/h4-12H,3H2,1-2H3,(H,21,28)(H,23,24,25,29);1-2H3. The zero-order valence-electron chi connectivity index (χ0n) is 18.0. The lowest BCUT2D eigenvalue weighted by Crippen LogP contribution is -2.26. The van der Waals surface area contributed by atoms with Crippen LogP contribution in [0.25, 0.3) is 17.0 Å². The summed E-state index contributed by atoms with van der Waals surface area (Å²) in [6.45, 7) is 6.26. The number of nitrogens with one attached hydrogen (secondary N) is 2. The van der Waals surface area contributed by atoms with Crippen LogP contribution in [0.4, 0.5) is 5.82 Å². The summed E-state index contributed by atoms with van der Waals surface area (Å²) < 4.78 is 3.14. The van der Waals surface area contributed by atoms with E-state index in [0.717, 1.165) is 11.3 Å². The van der Waals surface area contributed by atoms with Crippen LogP contribution < -0.4 is 10.6 Å². The van der Waals surface area contributed by atoms with Gasteiger partial charge in [0.1, 0.15) is 11.5 Å². The predicted molar refractivity (Wildman–Crippen MR) is 119 cm³/mol. The van der Waals surface area contributed by atoms with Gasteiger partial charge in [0.05, 0.1) is 17.5 Å². The van der Waals surface area contributed by atoms with Crippen LogP contribution in [0.1, 0.15) is 41.6 Å². The summed E-state index contributed by atoms with van der Waals surface area (Å²) >= 11 is 0. The van der Waals surface area contributed by atoms with Crippen molar-refractivity contribution in [3.63, 3.8) is 0 Å². The molecule has 4 aromatic rings. The highest BCUT2D eigenvalue weighted by Crippen LogP contribution is 2.19. The maximum atomic E-state index is 12.8. The molecule has 0 aliphatic carbocycles.